The third kappa shape index (κ3) is 5.32. The fourth-order valence-electron chi connectivity index (χ4n) is 0.872. The number of carbonyl (C=O) groups is 1. The summed E-state index contributed by atoms with van der Waals surface area (Å²) in [7, 11) is 1.18. The van der Waals surface area contributed by atoms with Crippen LogP contribution in [0, 0.1) is 0 Å². The van der Waals surface area contributed by atoms with Gasteiger partial charge in [-0.2, -0.15) is 9.36 Å². The zero-order chi connectivity index (χ0) is 14.5. The highest BCUT2D eigenvalue weighted by molar-refractivity contribution is 8.09. The Balaban J connectivity index is 2.98. The van der Waals surface area contributed by atoms with Gasteiger partial charge >= 0.3 is 12.0 Å². The smallest absolute Gasteiger partial charge is 0.364 e. The van der Waals surface area contributed by atoms with Crippen LogP contribution in [0.25, 0.3) is 0 Å². The molecule has 0 bridgehead atoms. The molecule has 0 aliphatic rings. The molecule has 1 N–H and O–H groups in total. The van der Waals surface area contributed by atoms with E-state index in [0.29, 0.717) is 0 Å². The molecule has 1 aromatic rings. The lowest BCUT2D eigenvalue weighted by Gasteiger charge is -2.01. The third-order valence-electron chi connectivity index (χ3n) is 1.53. The van der Waals surface area contributed by atoms with Gasteiger partial charge in [-0.05, 0) is 29.4 Å². The third-order valence-corrected chi connectivity index (χ3v) is 3.29. The van der Waals surface area contributed by atoms with E-state index >= 15 is 0 Å². The van der Waals surface area contributed by atoms with Crippen LogP contribution in [0.3, 0.4) is 0 Å². The minimum atomic E-state index is -3.54. The van der Waals surface area contributed by atoms with Crippen LogP contribution >= 0.6 is 40.0 Å². The molecule has 0 unspecified atom stereocenters. The van der Waals surface area contributed by atoms with Crippen LogP contribution in [-0.2, 0) is 18.9 Å². The number of halogens is 2. The van der Waals surface area contributed by atoms with Gasteiger partial charge in [0.1, 0.15) is 6.61 Å². The molecular weight excluding hydrogens is 338 g/mol. The fourth-order valence-corrected chi connectivity index (χ4v) is 2.90. The van der Waals surface area contributed by atoms with Crippen molar-refractivity contribution in [2.24, 2.45) is 5.16 Å². The van der Waals surface area contributed by atoms with Crippen molar-refractivity contribution in [3.05, 3.63) is 5.82 Å². The van der Waals surface area contributed by atoms with Crippen molar-refractivity contribution in [1.29, 1.82) is 0 Å². The number of methoxy groups -OCH3 is 1. The van der Waals surface area contributed by atoms with Crippen molar-refractivity contribution < 1.29 is 18.9 Å². The first-order chi connectivity index (χ1) is 8.87. The number of carbonyl (C=O) groups excluding carboxylic acids is 1. The minimum Gasteiger partial charge on any atom is -0.464 e. The lowest BCUT2D eigenvalue weighted by Crippen LogP contribution is -2.19. The average molecular weight is 347 g/mol. The summed E-state index contributed by atoms with van der Waals surface area (Å²) in [4.78, 5) is 20.1. The number of hydrogen-bond acceptors (Lipinski definition) is 8. The summed E-state index contributed by atoms with van der Waals surface area (Å²) >= 11 is 11.5. The summed E-state index contributed by atoms with van der Waals surface area (Å²) in [6.07, 6.45) is 0. The van der Waals surface area contributed by atoms with Crippen LogP contribution in [-0.4, -0.2) is 34.8 Å². The molecule has 106 valence electrons. The van der Waals surface area contributed by atoms with Gasteiger partial charge in [-0.3, -0.25) is 9.65 Å². The van der Waals surface area contributed by atoms with Crippen LogP contribution in [0.1, 0.15) is 12.7 Å². The standard InChI is InChI=1S/C7H9Cl2N4O4PS/c1-3-17-11-4(6(14)16-2)5-10-7(19-13-5)12-18(8,9)15/h3H2,1-2H3,(H,10,12,13,15). The summed E-state index contributed by atoms with van der Waals surface area (Å²) < 4.78 is 19.5. The predicted octanol–water partition coefficient (Wildman–Crippen LogP) is 2.45. The van der Waals surface area contributed by atoms with Gasteiger partial charge in [-0.25, -0.2) is 4.79 Å². The SMILES string of the molecule is CCON=C(C(=O)OC)c1nsc(NP(=O)(Cl)Cl)n1. The van der Waals surface area contributed by atoms with Crippen LogP contribution in [0.15, 0.2) is 5.16 Å². The molecule has 0 spiro atoms. The maximum atomic E-state index is 11.5. The number of nitrogens with zero attached hydrogens (tertiary/aromatic N) is 3. The van der Waals surface area contributed by atoms with E-state index in [1.54, 1.807) is 6.92 Å². The number of oxime groups is 1. The molecule has 0 radical (unpaired) electrons. The van der Waals surface area contributed by atoms with Gasteiger partial charge in [0.2, 0.25) is 16.7 Å². The summed E-state index contributed by atoms with van der Waals surface area (Å²) in [6.45, 7) is 1.95. The normalized spacial score (nSPS) is 12.1. The molecule has 0 amide bonds. The molecule has 0 saturated carbocycles. The molecule has 12 heteroatoms. The number of hydrogen-bond donors (Lipinski definition) is 1. The van der Waals surface area contributed by atoms with Crippen molar-refractivity contribution >= 4 is 56.8 Å². The van der Waals surface area contributed by atoms with E-state index in [0.717, 1.165) is 11.5 Å². The largest absolute Gasteiger partial charge is 0.464 e. The maximum Gasteiger partial charge on any atom is 0.364 e. The van der Waals surface area contributed by atoms with Crippen LogP contribution in [0.2, 0.25) is 0 Å². The first-order valence-corrected chi connectivity index (χ1v) is 9.06. The lowest BCUT2D eigenvalue weighted by molar-refractivity contribution is -0.132. The zero-order valence-corrected chi connectivity index (χ0v) is 13.0. The number of nitrogens with one attached hydrogen (secondary N) is 1. The molecule has 8 nitrogen and oxygen atoms in total. The summed E-state index contributed by atoms with van der Waals surface area (Å²) in [5, 5.41) is 5.89. The molecule has 1 heterocycles. The highest BCUT2D eigenvalue weighted by atomic mass is 35.9. The van der Waals surface area contributed by atoms with Crippen molar-refractivity contribution in [3.8, 4) is 0 Å². The highest BCUT2D eigenvalue weighted by Gasteiger charge is 2.23. The van der Waals surface area contributed by atoms with Gasteiger partial charge in [0.25, 0.3) is 0 Å². The summed E-state index contributed by atoms with van der Waals surface area (Å²) in [5.41, 5.74) is -0.215. The Bertz CT molecular complexity index is 531. The molecule has 19 heavy (non-hydrogen) atoms. The van der Waals surface area contributed by atoms with E-state index in [-0.39, 0.29) is 23.3 Å². The number of esters is 1. The molecule has 0 saturated heterocycles. The van der Waals surface area contributed by atoms with E-state index in [4.69, 9.17) is 27.3 Å². The van der Waals surface area contributed by atoms with Crippen molar-refractivity contribution in [2.45, 2.75) is 6.92 Å². The number of anilines is 1. The Morgan fingerprint density at radius 3 is 2.79 bits per heavy atom. The zero-order valence-electron chi connectivity index (χ0n) is 9.79. The van der Waals surface area contributed by atoms with Crippen molar-refractivity contribution in [3.63, 3.8) is 0 Å². The second-order valence-corrected chi connectivity index (χ2v) is 8.12. The molecule has 0 atom stereocenters. The van der Waals surface area contributed by atoms with E-state index in [1.807, 2.05) is 0 Å². The molecule has 0 aliphatic heterocycles. The molecule has 1 aromatic heterocycles. The second-order valence-electron chi connectivity index (χ2n) is 2.85. The number of aromatic nitrogens is 2. The topological polar surface area (TPSA) is 103 Å². The average Bonchev–Trinajstić information content (AvgIpc) is 2.75. The van der Waals surface area contributed by atoms with Gasteiger partial charge in [0, 0.05) is 11.5 Å². The summed E-state index contributed by atoms with van der Waals surface area (Å²) in [5.74, 6) is -4.35. The van der Waals surface area contributed by atoms with Gasteiger partial charge in [-0.15, -0.1) is 0 Å². The Labute approximate surface area is 122 Å². The number of ether oxygens (including phenoxy) is 1. The van der Waals surface area contributed by atoms with Gasteiger partial charge in [-0.1, -0.05) is 5.16 Å². The fraction of sp³-hybridized carbons (Fsp3) is 0.429. The highest BCUT2D eigenvalue weighted by Crippen LogP contribution is 2.55. The van der Waals surface area contributed by atoms with Gasteiger partial charge in [0.15, 0.2) is 0 Å². The molecule has 1 rings (SSSR count). The Kier molecular flexibility index (Phi) is 5.99. The Hall–Kier alpha value is -0.890. The van der Waals surface area contributed by atoms with E-state index in [9.17, 15) is 9.36 Å². The van der Waals surface area contributed by atoms with Crippen LogP contribution in [0.4, 0.5) is 5.13 Å². The monoisotopic (exact) mass is 346 g/mol. The van der Waals surface area contributed by atoms with Gasteiger partial charge < -0.3 is 9.57 Å². The van der Waals surface area contributed by atoms with E-state index in [1.165, 1.54) is 7.11 Å². The summed E-state index contributed by atoms with van der Waals surface area (Å²) in [6, 6.07) is 0. The molecular formula is C7H9Cl2N4O4PS. The maximum absolute atomic E-state index is 11.5. The Morgan fingerprint density at radius 1 is 1.58 bits per heavy atom. The van der Waals surface area contributed by atoms with E-state index in [2.05, 4.69) is 24.3 Å². The van der Waals surface area contributed by atoms with Crippen LogP contribution in [0.5, 0.6) is 0 Å². The first-order valence-electron chi connectivity index (χ1n) is 4.77. The minimum absolute atomic E-state index is 0.0467. The molecule has 0 aromatic carbocycles. The van der Waals surface area contributed by atoms with Crippen LogP contribution < -0.4 is 5.09 Å². The predicted molar refractivity (Wildman–Crippen MR) is 73.0 cm³/mol. The number of rotatable bonds is 6. The van der Waals surface area contributed by atoms with E-state index < -0.39 is 12.0 Å². The van der Waals surface area contributed by atoms with Crippen molar-refractivity contribution in [1.82, 2.24) is 9.36 Å². The lowest BCUT2D eigenvalue weighted by atomic mass is 10.4. The Morgan fingerprint density at radius 2 is 2.26 bits per heavy atom. The first kappa shape index (κ1) is 16.2. The van der Waals surface area contributed by atoms with Gasteiger partial charge in [0.05, 0.1) is 7.11 Å². The molecule has 0 fully saturated rings. The van der Waals surface area contributed by atoms with Crippen molar-refractivity contribution in [2.75, 3.05) is 18.8 Å². The quantitative estimate of drug-likeness (QED) is 0.365. The molecule has 0 aliphatic carbocycles. The second kappa shape index (κ2) is 7.04.